The number of nitriles is 1. The van der Waals surface area contributed by atoms with Gasteiger partial charge in [0.05, 0.1) is 17.7 Å². The molecular formula is C17H25N3O. The number of nitrogens with zero attached hydrogens (tertiary/aromatic N) is 1. The SMILES string of the molecule is CC(N)CCCC(C)C(=O)NC(C)c1ccc(C#N)cc1. The number of benzene rings is 1. The predicted octanol–water partition coefficient (Wildman–Crippen LogP) is 2.89. The maximum Gasteiger partial charge on any atom is 0.223 e. The molecule has 1 amide bonds. The number of carbonyl (C=O) groups excluding carboxylic acids is 1. The molecule has 0 bridgehead atoms. The van der Waals surface area contributed by atoms with Crippen LogP contribution in [-0.4, -0.2) is 11.9 Å². The van der Waals surface area contributed by atoms with E-state index < -0.39 is 0 Å². The molecule has 0 saturated heterocycles. The number of nitrogens with two attached hydrogens (primary N) is 1. The van der Waals surface area contributed by atoms with Crippen molar-refractivity contribution in [3.8, 4) is 6.07 Å². The standard InChI is InChI=1S/C17H25N3O/c1-12(5-4-6-13(2)19)17(21)20-14(3)16-9-7-15(11-18)8-10-16/h7-10,12-14H,4-6,19H2,1-3H3,(H,20,21). The number of hydrogen-bond acceptors (Lipinski definition) is 3. The van der Waals surface area contributed by atoms with Gasteiger partial charge in [-0.1, -0.05) is 25.5 Å². The van der Waals surface area contributed by atoms with Crippen molar-refractivity contribution in [1.82, 2.24) is 5.32 Å². The Kier molecular flexibility index (Phi) is 6.90. The summed E-state index contributed by atoms with van der Waals surface area (Å²) < 4.78 is 0. The Balaban J connectivity index is 2.47. The van der Waals surface area contributed by atoms with Crippen LogP contribution in [0, 0.1) is 17.2 Å². The summed E-state index contributed by atoms with van der Waals surface area (Å²) >= 11 is 0. The first-order valence-corrected chi connectivity index (χ1v) is 7.50. The third-order valence-electron chi connectivity index (χ3n) is 3.64. The molecule has 1 rings (SSSR count). The fourth-order valence-electron chi connectivity index (χ4n) is 2.16. The van der Waals surface area contributed by atoms with E-state index in [1.54, 1.807) is 12.1 Å². The first-order valence-electron chi connectivity index (χ1n) is 7.50. The molecule has 4 heteroatoms. The summed E-state index contributed by atoms with van der Waals surface area (Å²) in [5, 5.41) is 11.8. The van der Waals surface area contributed by atoms with Gasteiger partial charge in [-0.05, 0) is 44.4 Å². The van der Waals surface area contributed by atoms with Crippen LogP contribution >= 0.6 is 0 Å². The van der Waals surface area contributed by atoms with E-state index in [1.165, 1.54) is 0 Å². The minimum atomic E-state index is -0.0545. The molecule has 0 saturated carbocycles. The Labute approximate surface area is 127 Å². The normalized spacial score (nSPS) is 14.8. The smallest absolute Gasteiger partial charge is 0.223 e. The summed E-state index contributed by atoms with van der Waals surface area (Å²) in [6.45, 7) is 5.88. The summed E-state index contributed by atoms with van der Waals surface area (Å²) in [5.41, 5.74) is 7.34. The van der Waals surface area contributed by atoms with Crippen LogP contribution in [0.2, 0.25) is 0 Å². The monoisotopic (exact) mass is 287 g/mol. The van der Waals surface area contributed by atoms with Gasteiger partial charge in [-0.2, -0.15) is 5.26 Å². The highest BCUT2D eigenvalue weighted by atomic mass is 16.1. The summed E-state index contributed by atoms with van der Waals surface area (Å²) in [6, 6.07) is 9.52. The Morgan fingerprint density at radius 3 is 2.38 bits per heavy atom. The molecule has 0 aliphatic rings. The van der Waals surface area contributed by atoms with Gasteiger partial charge in [0.25, 0.3) is 0 Å². The van der Waals surface area contributed by atoms with Gasteiger partial charge in [0.15, 0.2) is 0 Å². The molecule has 3 unspecified atom stereocenters. The van der Waals surface area contributed by atoms with Gasteiger partial charge >= 0.3 is 0 Å². The van der Waals surface area contributed by atoms with Crippen molar-refractivity contribution < 1.29 is 4.79 Å². The summed E-state index contributed by atoms with van der Waals surface area (Å²) in [4.78, 5) is 12.1. The Hall–Kier alpha value is -1.86. The number of rotatable bonds is 7. The lowest BCUT2D eigenvalue weighted by Crippen LogP contribution is -2.31. The average molecular weight is 287 g/mol. The van der Waals surface area contributed by atoms with E-state index in [1.807, 2.05) is 32.9 Å². The van der Waals surface area contributed by atoms with Crippen LogP contribution in [0.15, 0.2) is 24.3 Å². The maximum absolute atomic E-state index is 12.1. The summed E-state index contributed by atoms with van der Waals surface area (Å²) in [5.74, 6) is 0.0566. The van der Waals surface area contributed by atoms with Gasteiger partial charge in [0, 0.05) is 12.0 Å². The van der Waals surface area contributed by atoms with Crippen LogP contribution in [0.25, 0.3) is 0 Å². The van der Waals surface area contributed by atoms with Crippen LogP contribution < -0.4 is 11.1 Å². The van der Waals surface area contributed by atoms with Crippen LogP contribution in [0.3, 0.4) is 0 Å². The second-order valence-corrected chi connectivity index (χ2v) is 5.77. The fourth-order valence-corrected chi connectivity index (χ4v) is 2.16. The van der Waals surface area contributed by atoms with E-state index in [9.17, 15) is 4.79 Å². The van der Waals surface area contributed by atoms with Crippen LogP contribution in [0.4, 0.5) is 0 Å². The number of amides is 1. The van der Waals surface area contributed by atoms with Gasteiger partial charge in [-0.3, -0.25) is 4.79 Å². The molecule has 21 heavy (non-hydrogen) atoms. The van der Waals surface area contributed by atoms with Crippen molar-refractivity contribution in [2.75, 3.05) is 0 Å². The quantitative estimate of drug-likeness (QED) is 0.809. The second kappa shape index (κ2) is 8.43. The van der Waals surface area contributed by atoms with Crippen LogP contribution in [-0.2, 0) is 4.79 Å². The molecule has 0 aromatic heterocycles. The third-order valence-corrected chi connectivity index (χ3v) is 3.64. The van der Waals surface area contributed by atoms with E-state index in [0.717, 1.165) is 24.8 Å². The molecule has 0 aliphatic heterocycles. The van der Waals surface area contributed by atoms with Crippen LogP contribution in [0.1, 0.15) is 57.2 Å². The lowest BCUT2D eigenvalue weighted by atomic mass is 10.00. The van der Waals surface area contributed by atoms with Crippen molar-refractivity contribution >= 4 is 5.91 Å². The fraction of sp³-hybridized carbons (Fsp3) is 0.529. The average Bonchev–Trinajstić information content (AvgIpc) is 2.46. The van der Waals surface area contributed by atoms with Crippen molar-refractivity contribution in [2.24, 2.45) is 11.7 Å². The summed E-state index contributed by atoms with van der Waals surface area (Å²) in [6.07, 6.45) is 2.77. The molecule has 114 valence electrons. The third kappa shape index (κ3) is 5.97. The first-order chi connectivity index (χ1) is 9.93. The zero-order valence-electron chi connectivity index (χ0n) is 13.1. The van der Waals surface area contributed by atoms with E-state index >= 15 is 0 Å². The molecule has 0 radical (unpaired) electrons. The minimum absolute atomic E-state index is 0.00965. The van der Waals surface area contributed by atoms with E-state index in [0.29, 0.717) is 5.56 Å². The molecule has 1 aromatic rings. The maximum atomic E-state index is 12.1. The molecule has 4 nitrogen and oxygen atoms in total. The van der Waals surface area contributed by atoms with Gasteiger partial charge in [0.2, 0.25) is 5.91 Å². The van der Waals surface area contributed by atoms with E-state index in [2.05, 4.69) is 11.4 Å². The molecule has 0 aliphatic carbocycles. The van der Waals surface area contributed by atoms with Gasteiger partial charge < -0.3 is 11.1 Å². The van der Waals surface area contributed by atoms with Crippen LogP contribution in [0.5, 0.6) is 0 Å². The topological polar surface area (TPSA) is 78.9 Å². The Bertz CT molecular complexity index is 488. The second-order valence-electron chi connectivity index (χ2n) is 5.77. The van der Waals surface area contributed by atoms with Crippen molar-refractivity contribution in [2.45, 2.75) is 52.1 Å². The van der Waals surface area contributed by atoms with Gasteiger partial charge in [-0.15, -0.1) is 0 Å². The van der Waals surface area contributed by atoms with Crippen molar-refractivity contribution in [1.29, 1.82) is 5.26 Å². The minimum Gasteiger partial charge on any atom is -0.349 e. The van der Waals surface area contributed by atoms with Crippen molar-refractivity contribution in [3.63, 3.8) is 0 Å². The lowest BCUT2D eigenvalue weighted by molar-refractivity contribution is -0.125. The molecule has 3 atom stereocenters. The predicted molar refractivity (Wildman–Crippen MR) is 84.4 cm³/mol. The Morgan fingerprint density at radius 1 is 1.24 bits per heavy atom. The number of nitrogens with one attached hydrogen (secondary N) is 1. The molecule has 1 aromatic carbocycles. The largest absolute Gasteiger partial charge is 0.349 e. The van der Waals surface area contributed by atoms with E-state index in [4.69, 9.17) is 11.0 Å². The first kappa shape index (κ1) is 17.2. The lowest BCUT2D eigenvalue weighted by Gasteiger charge is -2.18. The highest BCUT2D eigenvalue weighted by Crippen LogP contribution is 2.15. The zero-order valence-corrected chi connectivity index (χ0v) is 13.1. The molecule has 0 fully saturated rings. The molecule has 3 N–H and O–H groups in total. The molecule has 0 heterocycles. The number of carbonyl (C=O) groups is 1. The molecule has 0 spiro atoms. The summed E-state index contributed by atoms with van der Waals surface area (Å²) in [7, 11) is 0. The highest BCUT2D eigenvalue weighted by molar-refractivity contribution is 5.78. The molecular weight excluding hydrogens is 262 g/mol. The zero-order chi connectivity index (χ0) is 15.8. The van der Waals surface area contributed by atoms with Gasteiger partial charge in [0.1, 0.15) is 0 Å². The Morgan fingerprint density at radius 2 is 1.86 bits per heavy atom. The van der Waals surface area contributed by atoms with E-state index in [-0.39, 0.29) is 23.9 Å². The van der Waals surface area contributed by atoms with Crippen molar-refractivity contribution in [3.05, 3.63) is 35.4 Å². The highest BCUT2D eigenvalue weighted by Gasteiger charge is 2.16. The number of hydrogen-bond donors (Lipinski definition) is 2. The van der Waals surface area contributed by atoms with Gasteiger partial charge in [-0.25, -0.2) is 0 Å².